The standard InChI is InChI=1S/C10H16N2O/c1-8-9(2)13-11-10(8)12-6-4-3-5-7-12/h3-7H2,1-2H3. The van der Waals surface area contributed by atoms with Crippen molar-refractivity contribution >= 4 is 5.82 Å². The van der Waals surface area contributed by atoms with E-state index < -0.39 is 0 Å². The Morgan fingerprint density at radius 2 is 1.85 bits per heavy atom. The van der Waals surface area contributed by atoms with Crippen molar-refractivity contribution in [2.24, 2.45) is 0 Å². The Kier molecular flexibility index (Phi) is 2.25. The van der Waals surface area contributed by atoms with Crippen LogP contribution in [0.25, 0.3) is 0 Å². The van der Waals surface area contributed by atoms with E-state index in [1.165, 1.54) is 24.8 Å². The van der Waals surface area contributed by atoms with Gasteiger partial charge in [0.25, 0.3) is 0 Å². The van der Waals surface area contributed by atoms with Crippen LogP contribution in [0, 0.1) is 13.8 Å². The second kappa shape index (κ2) is 3.40. The average Bonchev–Trinajstić information content (AvgIpc) is 2.49. The molecular formula is C10H16N2O. The van der Waals surface area contributed by atoms with Crippen LogP contribution in [0.3, 0.4) is 0 Å². The van der Waals surface area contributed by atoms with Crippen molar-refractivity contribution in [1.82, 2.24) is 5.16 Å². The summed E-state index contributed by atoms with van der Waals surface area (Å²) in [7, 11) is 0. The van der Waals surface area contributed by atoms with E-state index in [2.05, 4.69) is 17.0 Å². The normalized spacial score (nSPS) is 17.8. The minimum Gasteiger partial charge on any atom is -0.359 e. The van der Waals surface area contributed by atoms with E-state index in [9.17, 15) is 0 Å². The summed E-state index contributed by atoms with van der Waals surface area (Å²) in [5.41, 5.74) is 1.20. The fourth-order valence-electron chi connectivity index (χ4n) is 1.81. The monoisotopic (exact) mass is 180 g/mol. The number of anilines is 1. The lowest BCUT2D eigenvalue weighted by Crippen LogP contribution is -2.30. The maximum atomic E-state index is 5.16. The number of rotatable bonds is 1. The van der Waals surface area contributed by atoms with Gasteiger partial charge in [-0.25, -0.2) is 0 Å². The van der Waals surface area contributed by atoms with Gasteiger partial charge in [-0.2, -0.15) is 0 Å². The van der Waals surface area contributed by atoms with Crippen molar-refractivity contribution in [2.45, 2.75) is 33.1 Å². The van der Waals surface area contributed by atoms with Crippen molar-refractivity contribution in [1.29, 1.82) is 0 Å². The second-order valence-electron chi connectivity index (χ2n) is 3.74. The van der Waals surface area contributed by atoms with E-state index >= 15 is 0 Å². The first kappa shape index (κ1) is 8.60. The molecule has 1 saturated heterocycles. The molecule has 1 aliphatic heterocycles. The lowest BCUT2D eigenvalue weighted by Gasteiger charge is -2.26. The van der Waals surface area contributed by atoms with Crippen molar-refractivity contribution in [3.63, 3.8) is 0 Å². The van der Waals surface area contributed by atoms with Gasteiger partial charge in [-0.3, -0.25) is 0 Å². The zero-order chi connectivity index (χ0) is 9.26. The van der Waals surface area contributed by atoms with Gasteiger partial charge >= 0.3 is 0 Å². The molecule has 1 aromatic heterocycles. The molecule has 0 N–H and O–H groups in total. The maximum absolute atomic E-state index is 5.16. The predicted octanol–water partition coefficient (Wildman–Crippen LogP) is 2.28. The van der Waals surface area contributed by atoms with Crippen LogP contribution in [-0.4, -0.2) is 18.2 Å². The highest BCUT2D eigenvalue weighted by Crippen LogP contribution is 2.24. The van der Waals surface area contributed by atoms with Gasteiger partial charge in [0, 0.05) is 18.7 Å². The highest BCUT2D eigenvalue weighted by molar-refractivity contribution is 5.46. The first-order chi connectivity index (χ1) is 6.29. The molecule has 1 fully saturated rings. The Morgan fingerprint density at radius 1 is 1.15 bits per heavy atom. The molecule has 0 aromatic carbocycles. The summed E-state index contributed by atoms with van der Waals surface area (Å²) in [6.45, 7) is 6.31. The van der Waals surface area contributed by atoms with Crippen LogP contribution in [0.2, 0.25) is 0 Å². The van der Waals surface area contributed by atoms with Gasteiger partial charge in [0.1, 0.15) is 5.76 Å². The number of aryl methyl sites for hydroxylation is 1. The molecule has 0 aliphatic carbocycles. The van der Waals surface area contributed by atoms with Crippen LogP contribution in [0.5, 0.6) is 0 Å². The van der Waals surface area contributed by atoms with E-state index in [1.54, 1.807) is 0 Å². The Balaban J connectivity index is 2.18. The molecule has 2 rings (SSSR count). The molecule has 0 amide bonds. The lowest BCUT2D eigenvalue weighted by atomic mass is 10.1. The molecule has 2 heterocycles. The fraction of sp³-hybridized carbons (Fsp3) is 0.700. The number of nitrogens with zero attached hydrogens (tertiary/aromatic N) is 2. The molecule has 0 saturated carbocycles. The molecule has 0 atom stereocenters. The Hall–Kier alpha value is -0.990. The summed E-state index contributed by atoms with van der Waals surface area (Å²) in [4.78, 5) is 2.33. The van der Waals surface area contributed by atoms with Gasteiger partial charge in [-0.1, -0.05) is 5.16 Å². The van der Waals surface area contributed by atoms with Gasteiger partial charge in [0.05, 0.1) is 0 Å². The second-order valence-corrected chi connectivity index (χ2v) is 3.74. The smallest absolute Gasteiger partial charge is 0.175 e. The zero-order valence-electron chi connectivity index (χ0n) is 8.34. The van der Waals surface area contributed by atoms with E-state index in [-0.39, 0.29) is 0 Å². The number of aromatic nitrogens is 1. The summed E-state index contributed by atoms with van der Waals surface area (Å²) < 4.78 is 5.16. The van der Waals surface area contributed by atoms with E-state index in [0.717, 1.165) is 24.7 Å². The molecule has 0 radical (unpaired) electrons. The lowest BCUT2D eigenvalue weighted by molar-refractivity contribution is 0.394. The summed E-state index contributed by atoms with van der Waals surface area (Å²) in [6.07, 6.45) is 3.92. The zero-order valence-corrected chi connectivity index (χ0v) is 8.34. The number of piperidine rings is 1. The molecule has 1 aromatic rings. The van der Waals surface area contributed by atoms with Crippen molar-refractivity contribution < 1.29 is 4.52 Å². The first-order valence-corrected chi connectivity index (χ1v) is 4.97. The van der Waals surface area contributed by atoms with E-state index in [0.29, 0.717) is 0 Å². The summed E-state index contributed by atoms with van der Waals surface area (Å²) in [5, 5.41) is 4.09. The van der Waals surface area contributed by atoms with Gasteiger partial charge in [0.2, 0.25) is 0 Å². The highest BCUT2D eigenvalue weighted by atomic mass is 16.5. The number of hydrogen-bond donors (Lipinski definition) is 0. The van der Waals surface area contributed by atoms with Crippen molar-refractivity contribution in [2.75, 3.05) is 18.0 Å². The minimum absolute atomic E-state index is 0.945. The molecule has 72 valence electrons. The molecule has 1 aliphatic rings. The molecule has 0 bridgehead atoms. The van der Waals surface area contributed by atoms with Crippen molar-refractivity contribution in [3.8, 4) is 0 Å². The Morgan fingerprint density at radius 3 is 2.38 bits per heavy atom. The highest BCUT2D eigenvalue weighted by Gasteiger charge is 2.17. The predicted molar refractivity (Wildman–Crippen MR) is 52.0 cm³/mol. The van der Waals surface area contributed by atoms with Gasteiger partial charge in [0.15, 0.2) is 5.82 Å². The molecule has 3 nitrogen and oxygen atoms in total. The molecular weight excluding hydrogens is 164 g/mol. The van der Waals surface area contributed by atoms with Gasteiger partial charge in [-0.15, -0.1) is 0 Å². The number of hydrogen-bond acceptors (Lipinski definition) is 3. The van der Waals surface area contributed by atoms with Crippen molar-refractivity contribution in [3.05, 3.63) is 11.3 Å². The first-order valence-electron chi connectivity index (χ1n) is 4.97. The third-order valence-corrected chi connectivity index (χ3v) is 2.79. The van der Waals surface area contributed by atoms with Gasteiger partial charge < -0.3 is 9.42 Å². The van der Waals surface area contributed by atoms with Crippen LogP contribution in [0.4, 0.5) is 5.82 Å². The Bertz CT molecular complexity index is 287. The largest absolute Gasteiger partial charge is 0.359 e. The van der Waals surface area contributed by atoms with Crippen LogP contribution in [0.15, 0.2) is 4.52 Å². The molecule has 3 heteroatoms. The summed E-state index contributed by atoms with van der Waals surface area (Å²) in [6, 6.07) is 0. The van der Waals surface area contributed by atoms with E-state index in [1.807, 2.05) is 6.92 Å². The summed E-state index contributed by atoms with van der Waals surface area (Å²) in [5.74, 6) is 2.00. The van der Waals surface area contributed by atoms with Crippen LogP contribution in [0.1, 0.15) is 30.6 Å². The maximum Gasteiger partial charge on any atom is 0.175 e. The van der Waals surface area contributed by atoms with Crippen LogP contribution in [-0.2, 0) is 0 Å². The van der Waals surface area contributed by atoms with Crippen LogP contribution >= 0.6 is 0 Å². The summed E-state index contributed by atoms with van der Waals surface area (Å²) >= 11 is 0. The average molecular weight is 180 g/mol. The topological polar surface area (TPSA) is 29.3 Å². The minimum atomic E-state index is 0.945. The molecule has 13 heavy (non-hydrogen) atoms. The third-order valence-electron chi connectivity index (χ3n) is 2.79. The van der Waals surface area contributed by atoms with E-state index in [4.69, 9.17) is 4.52 Å². The third kappa shape index (κ3) is 1.55. The Labute approximate surface area is 78.7 Å². The van der Waals surface area contributed by atoms with Gasteiger partial charge in [-0.05, 0) is 33.1 Å². The quantitative estimate of drug-likeness (QED) is 0.664. The molecule has 0 spiro atoms. The van der Waals surface area contributed by atoms with Crippen LogP contribution < -0.4 is 4.90 Å². The molecule has 0 unspecified atom stereocenters. The SMILES string of the molecule is Cc1onc(N2CCCCC2)c1C. The fourth-order valence-corrected chi connectivity index (χ4v) is 1.81.